The predicted octanol–water partition coefficient (Wildman–Crippen LogP) is 2.77. The van der Waals surface area contributed by atoms with Crippen molar-refractivity contribution in [2.75, 3.05) is 7.11 Å². The summed E-state index contributed by atoms with van der Waals surface area (Å²) < 4.78 is 27.8. The van der Waals surface area contributed by atoms with Crippen molar-refractivity contribution in [2.45, 2.75) is 13.1 Å². The van der Waals surface area contributed by atoms with Crippen molar-refractivity contribution in [3.63, 3.8) is 0 Å². The number of hydrogen-bond donors (Lipinski definition) is 1. The number of halogens is 1. The fourth-order valence-corrected chi connectivity index (χ4v) is 2.65. The number of esters is 1. The lowest BCUT2D eigenvalue weighted by atomic mass is 10.1. The van der Waals surface area contributed by atoms with Crippen molar-refractivity contribution in [1.82, 2.24) is 9.29 Å². The van der Waals surface area contributed by atoms with Crippen LogP contribution in [-0.2, 0) is 29.1 Å². The molecule has 8 heteroatoms. The number of aromatic nitrogens is 1. The number of rotatable bonds is 6. The van der Waals surface area contributed by atoms with Gasteiger partial charge in [-0.1, -0.05) is 12.1 Å². The molecule has 2 rings (SSSR count). The Balaban J connectivity index is 2.08. The first-order chi connectivity index (χ1) is 11.0. The van der Waals surface area contributed by atoms with Gasteiger partial charge in [0.05, 0.1) is 24.9 Å². The highest BCUT2D eigenvalue weighted by atomic mass is 79.9. The van der Waals surface area contributed by atoms with Crippen LogP contribution in [0.4, 0.5) is 0 Å². The lowest BCUT2D eigenvalue weighted by Crippen LogP contribution is -2.25. The van der Waals surface area contributed by atoms with Crippen LogP contribution in [0.3, 0.4) is 0 Å². The zero-order chi connectivity index (χ0) is 16.8. The van der Waals surface area contributed by atoms with E-state index in [0.29, 0.717) is 11.3 Å². The summed E-state index contributed by atoms with van der Waals surface area (Å²) in [5.74, 6) is -0.418. The van der Waals surface area contributed by atoms with Crippen LogP contribution in [0.25, 0.3) is 0 Å². The molecule has 1 unspecified atom stereocenters. The molecule has 0 spiro atoms. The number of pyridine rings is 1. The molecule has 1 heterocycles. The first kappa shape index (κ1) is 17.7. The van der Waals surface area contributed by atoms with Crippen molar-refractivity contribution >= 4 is 33.2 Å². The molecular weight excluding hydrogens is 384 g/mol. The number of ether oxygens (including phenoxy) is 1. The smallest absolute Gasteiger partial charge is 0.337 e. The Morgan fingerprint density at radius 2 is 1.96 bits per heavy atom. The largest absolute Gasteiger partial charge is 0.465 e. The summed E-state index contributed by atoms with van der Waals surface area (Å²) in [6.45, 7) is 0.484. The van der Waals surface area contributed by atoms with Gasteiger partial charge >= 0.3 is 5.97 Å². The molecule has 0 aliphatic heterocycles. The minimum absolute atomic E-state index is 0.231. The maximum absolute atomic E-state index is 11.5. The highest BCUT2D eigenvalue weighted by Crippen LogP contribution is 2.14. The van der Waals surface area contributed by atoms with E-state index in [-0.39, 0.29) is 13.1 Å². The molecule has 0 saturated heterocycles. The maximum Gasteiger partial charge on any atom is 0.337 e. The van der Waals surface area contributed by atoms with Crippen LogP contribution in [0.1, 0.15) is 21.6 Å². The zero-order valence-corrected chi connectivity index (χ0v) is 14.7. The Bertz CT molecular complexity index is 692. The Labute approximate surface area is 145 Å². The summed E-state index contributed by atoms with van der Waals surface area (Å²) in [5, 5.41) is 0. The molecule has 0 saturated carbocycles. The van der Waals surface area contributed by atoms with Crippen molar-refractivity contribution < 1.29 is 18.3 Å². The molecule has 0 bridgehead atoms. The van der Waals surface area contributed by atoms with Crippen molar-refractivity contribution in [3.8, 4) is 0 Å². The van der Waals surface area contributed by atoms with Crippen LogP contribution in [0.2, 0.25) is 0 Å². The topological polar surface area (TPSA) is 79.7 Å². The van der Waals surface area contributed by atoms with Gasteiger partial charge < -0.3 is 4.74 Å². The van der Waals surface area contributed by atoms with Crippen LogP contribution in [0.5, 0.6) is 0 Å². The highest BCUT2D eigenvalue weighted by molar-refractivity contribution is 9.10. The summed E-state index contributed by atoms with van der Waals surface area (Å²) in [6, 6.07) is 10.3. The monoisotopic (exact) mass is 398 g/mol. The summed E-state index contributed by atoms with van der Waals surface area (Å²) in [4.78, 5) is 15.6. The SMILES string of the molecule is COC(=O)c1ccc(CN(Cc2ccc(Br)cn2)S(=O)O)cc1. The van der Waals surface area contributed by atoms with Crippen LogP contribution >= 0.6 is 15.9 Å². The van der Waals surface area contributed by atoms with Gasteiger partial charge in [0, 0.05) is 17.2 Å². The normalized spacial score (nSPS) is 12.2. The van der Waals surface area contributed by atoms with E-state index in [1.54, 1.807) is 36.5 Å². The quantitative estimate of drug-likeness (QED) is 0.597. The third-order valence-electron chi connectivity index (χ3n) is 3.08. The molecule has 0 aliphatic rings. The molecule has 6 nitrogen and oxygen atoms in total. The van der Waals surface area contributed by atoms with Crippen molar-refractivity contribution in [2.24, 2.45) is 0 Å². The van der Waals surface area contributed by atoms with Crippen LogP contribution in [-0.4, -0.2) is 31.1 Å². The molecule has 0 aliphatic carbocycles. The second kappa shape index (κ2) is 8.30. The Kier molecular flexibility index (Phi) is 6.40. The Hall–Kier alpha value is -1.61. The number of carbonyl (C=O) groups excluding carboxylic acids is 1. The number of benzene rings is 1. The van der Waals surface area contributed by atoms with E-state index >= 15 is 0 Å². The molecule has 1 N–H and O–H groups in total. The van der Waals surface area contributed by atoms with Gasteiger partial charge in [-0.15, -0.1) is 0 Å². The zero-order valence-electron chi connectivity index (χ0n) is 12.3. The molecule has 0 radical (unpaired) electrons. The van der Waals surface area contributed by atoms with E-state index in [1.165, 1.54) is 11.4 Å². The van der Waals surface area contributed by atoms with Gasteiger partial charge in [0.2, 0.25) is 11.3 Å². The molecule has 1 aromatic carbocycles. The third kappa shape index (κ3) is 5.21. The van der Waals surface area contributed by atoms with Gasteiger partial charge in [-0.2, -0.15) is 4.31 Å². The molecular formula is C15H15BrN2O4S. The van der Waals surface area contributed by atoms with Gasteiger partial charge in [0.1, 0.15) is 0 Å². The average molecular weight is 399 g/mol. The van der Waals surface area contributed by atoms with E-state index in [0.717, 1.165) is 10.0 Å². The second-order valence-electron chi connectivity index (χ2n) is 4.69. The minimum atomic E-state index is -2.14. The molecule has 1 atom stereocenters. The molecule has 0 fully saturated rings. The van der Waals surface area contributed by atoms with Crippen LogP contribution in [0, 0.1) is 0 Å². The second-order valence-corrected chi connectivity index (χ2v) is 6.58. The standard InChI is InChI=1S/C15H15BrN2O4S/c1-22-15(19)12-4-2-11(3-5-12)9-18(23(20)21)10-14-7-6-13(16)8-17-14/h2-8H,9-10H2,1H3,(H,20,21). The molecule has 0 amide bonds. The van der Waals surface area contributed by atoms with Crippen LogP contribution in [0.15, 0.2) is 47.1 Å². The molecule has 2 aromatic rings. The summed E-state index contributed by atoms with van der Waals surface area (Å²) in [7, 11) is 1.32. The predicted molar refractivity (Wildman–Crippen MR) is 89.7 cm³/mol. The Morgan fingerprint density at radius 3 is 2.48 bits per heavy atom. The van der Waals surface area contributed by atoms with Gasteiger partial charge in [-0.3, -0.25) is 9.54 Å². The fraction of sp³-hybridized carbons (Fsp3) is 0.200. The molecule has 23 heavy (non-hydrogen) atoms. The van der Waals surface area contributed by atoms with E-state index in [4.69, 9.17) is 0 Å². The first-order valence-corrected chi connectivity index (χ1v) is 8.49. The van der Waals surface area contributed by atoms with Gasteiger partial charge in [0.25, 0.3) is 0 Å². The average Bonchev–Trinajstić information content (AvgIpc) is 2.56. The molecule has 122 valence electrons. The lowest BCUT2D eigenvalue weighted by Gasteiger charge is -2.17. The summed E-state index contributed by atoms with van der Waals surface area (Å²) in [6.07, 6.45) is 1.64. The van der Waals surface area contributed by atoms with E-state index in [2.05, 4.69) is 25.7 Å². The highest BCUT2D eigenvalue weighted by Gasteiger charge is 2.14. The summed E-state index contributed by atoms with van der Waals surface area (Å²) in [5.41, 5.74) is 1.92. The van der Waals surface area contributed by atoms with E-state index in [1.807, 2.05) is 6.07 Å². The lowest BCUT2D eigenvalue weighted by molar-refractivity contribution is 0.0600. The maximum atomic E-state index is 11.5. The van der Waals surface area contributed by atoms with Gasteiger partial charge in [0.15, 0.2) is 0 Å². The Morgan fingerprint density at radius 1 is 1.26 bits per heavy atom. The number of methoxy groups -OCH3 is 1. The fourth-order valence-electron chi connectivity index (χ4n) is 1.91. The first-order valence-electron chi connectivity index (χ1n) is 6.63. The number of hydrogen-bond acceptors (Lipinski definition) is 4. The number of nitrogens with zero attached hydrogens (tertiary/aromatic N) is 2. The van der Waals surface area contributed by atoms with Crippen LogP contribution < -0.4 is 0 Å². The van der Waals surface area contributed by atoms with Crippen molar-refractivity contribution in [1.29, 1.82) is 0 Å². The third-order valence-corrected chi connectivity index (χ3v) is 4.25. The minimum Gasteiger partial charge on any atom is -0.465 e. The molecule has 1 aromatic heterocycles. The van der Waals surface area contributed by atoms with E-state index in [9.17, 15) is 13.6 Å². The van der Waals surface area contributed by atoms with Gasteiger partial charge in [-0.25, -0.2) is 9.00 Å². The van der Waals surface area contributed by atoms with Crippen molar-refractivity contribution in [3.05, 3.63) is 63.9 Å². The summed E-state index contributed by atoms with van der Waals surface area (Å²) >= 11 is 1.16. The van der Waals surface area contributed by atoms with E-state index < -0.39 is 17.2 Å². The number of carbonyl (C=O) groups is 1. The van der Waals surface area contributed by atoms with Gasteiger partial charge in [-0.05, 0) is 45.8 Å².